The third kappa shape index (κ3) is 5.88. The Kier molecular flexibility index (Phi) is 6.91. The highest BCUT2D eigenvalue weighted by Crippen LogP contribution is 2.16. The number of nitrogens with zero attached hydrogens (tertiary/aromatic N) is 1. The van der Waals surface area contributed by atoms with Crippen molar-refractivity contribution in [2.45, 2.75) is 11.4 Å². The molecule has 0 aromatic heterocycles. The van der Waals surface area contributed by atoms with Gasteiger partial charge in [0.15, 0.2) is 0 Å². The number of benzene rings is 2. The van der Waals surface area contributed by atoms with Gasteiger partial charge in [0, 0.05) is 42.4 Å². The molecule has 1 aliphatic heterocycles. The number of carbonyl (C=O) groups excluding carboxylic acids is 1. The molecular weight excluding hydrogens is 332 g/mol. The molecule has 1 heterocycles. The molecule has 4 nitrogen and oxygen atoms in total. The van der Waals surface area contributed by atoms with Crippen molar-refractivity contribution >= 4 is 17.7 Å². The number of nitrogens with one attached hydrogen (secondary N) is 1. The number of rotatable bonds is 7. The van der Waals surface area contributed by atoms with Crippen molar-refractivity contribution in [3.05, 3.63) is 65.7 Å². The fourth-order valence-corrected chi connectivity index (χ4v) is 3.57. The average molecular weight is 356 g/mol. The van der Waals surface area contributed by atoms with Crippen molar-refractivity contribution in [1.82, 2.24) is 10.2 Å². The van der Waals surface area contributed by atoms with E-state index in [0.29, 0.717) is 6.54 Å². The molecule has 1 aliphatic rings. The van der Waals surface area contributed by atoms with Crippen LogP contribution in [0.1, 0.15) is 15.9 Å². The van der Waals surface area contributed by atoms with Gasteiger partial charge < -0.3 is 10.1 Å². The predicted molar refractivity (Wildman–Crippen MR) is 102 cm³/mol. The quantitative estimate of drug-likeness (QED) is 0.612. The molecule has 1 amide bonds. The SMILES string of the molecule is O=C(NCCSc1ccccc1)c1cccc(CN2CCOCC2)c1. The van der Waals surface area contributed by atoms with Crippen LogP contribution in [-0.4, -0.2) is 49.4 Å². The van der Waals surface area contributed by atoms with E-state index in [0.717, 1.165) is 44.2 Å². The molecular formula is C20H24N2O2S. The Labute approximate surface area is 153 Å². The molecule has 2 aromatic rings. The summed E-state index contributed by atoms with van der Waals surface area (Å²) in [6.07, 6.45) is 0. The van der Waals surface area contributed by atoms with Gasteiger partial charge in [0.25, 0.3) is 5.91 Å². The first-order valence-corrected chi connectivity index (χ1v) is 9.65. The Morgan fingerprint density at radius 1 is 1.08 bits per heavy atom. The summed E-state index contributed by atoms with van der Waals surface area (Å²) < 4.78 is 5.38. The number of carbonyl (C=O) groups is 1. The molecule has 1 N–H and O–H groups in total. The number of hydrogen-bond donors (Lipinski definition) is 1. The van der Waals surface area contributed by atoms with E-state index in [9.17, 15) is 4.79 Å². The largest absolute Gasteiger partial charge is 0.379 e. The van der Waals surface area contributed by atoms with Crippen molar-refractivity contribution in [2.24, 2.45) is 0 Å². The molecule has 3 rings (SSSR count). The minimum atomic E-state index is -0.00232. The minimum Gasteiger partial charge on any atom is -0.379 e. The maximum atomic E-state index is 12.3. The first-order valence-electron chi connectivity index (χ1n) is 8.66. The van der Waals surface area contributed by atoms with Gasteiger partial charge in [0.2, 0.25) is 0 Å². The van der Waals surface area contributed by atoms with Crippen molar-refractivity contribution in [3.8, 4) is 0 Å². The summed E-state index contributed by atoms with van der Waals surface area (Å²) in [5, 5.41) is 3.01. The van der Waals surface area contributed by atoms with Gasteiger partial charge in [0.05, 0.1) is 13.2 Å². The Bertz CT molecular complexity index is 672. The van der Waals surface area contributed by atoms with Crippen LogP contribution in [-0.2, 0) is 11.3 Å². The minimum absolute atomic E-state index is 0.00232. The summed E-state index contributed by atoms with van der Waals surface area (Å²) in [5.41, 5.74) is 1.91. The van der Waals surface area contributed by atoms with Crippen LogP contribution >= 0.6 is 11.8 Å². The van der Waals surface area contributed by atoms with Crippen molar-refractivity contribution in [1.29, 1.82) is 0 Å². The molecule has 0 spiro atoms. The standard InChI is InChI=1S/C20H24N2O2S/c23-20(21-9-14-25-19-7-2-1-3-8-19)18-6-4-5-17(15-18)16-22-10-12-24-13-11-22/h1-8,15H,9-14,16H2,(H,21,23). The maximum Gasteiger partial charge on any atom is 0.251 e. The second kappa shape index (κ2) is 9.61. The maximum absolute atomic E-state index is 12.3. The topological polar surface area (TPSA) is 41.6 Å². The zero-order valence-corrected chi connectivity index (χ0v) is 15.1. The average Bonchev–Trinajstić information content (AvgIpc) is 2.67. The van der Waals surface area contributed by atoms with Gasteiger partial charge in [-0.1, -0.05) is 30.3 Å². The number of morpholine rings is 1. The number of ether oxygens (including phenoxy) is 1. The van der Waals surface area contributed by atoms with Crippen LogP contribution in [0.2, 0.25) is 0 Å². The number of amides is 1. The lowest BCUT2D eigenvalue weighted by atomic mass is 10.1. The summed E-state index contributed by atoms with van der Waals surface area (Å²) in [5.74, 6) is 0.862. The van der Waals surface area contributed by atoms with Crippen molar-refractivity contribution in [3.63, 3.8) is 0 Å². The summed E-state index contributed by atoms with van der Waals surface area (Å²) in [6, 6.07) is 18.2. The predicted octanol–water partition coefficient (Wildman–Crippen LogP) is 3.04. The van der Waals surface area contributed by atoms with Crippen LogP contribution in [0.5, 0.6) is 0 Å². The molecule has 1 fully saturated rings. The third-order valence-corrected chi connectivity index (χ3v) is 5.11. The van der Waals surface area contributed by atoms with E-state index >= 15 is 0 Å². The van der Waals surface area contributed by atoms with Gasteiger partial charge in [-0.3, -0.25) is 9.69 Å². The van der Waals surface area contributed by atoms with Crippen LogP contribution in [0.15, 0.2) is 59.5 Å². The fourth-order valence-electron chi connectivity index (χ4n) is 2.78. The van der Waals surface area contributed by atoms with Gasteiger partial charge in [-0.2, -0.15) is 0 Å². The molecule has 0 aliphatic carbocycles. The van der Waals surface area contributed by atoms with E-state index in [1.807, 2.05) is 36.4 Å². The van der Waals surface area contributed by atoms with Gasteiger partial charge in [0.1, 0.15) is 0 Å². The number of thioether (sulfide) groups is 1. The molecule has 25 heavy (non-hydrogen) atoms. The summed E-state index contributed by atoms with van der Waals surface area (Å²) >= 11 is 1.75. The first-order chi connectivity index (χ1) is 12.3. The van der Waals surface area contributed by atoms with E-state index in [1.54, 1.807) is 11.8 Å². The van der Waals surface area contributed by atoms with Crippen LogP contribution in [0.4, 0.5) is 0 Å². The Balaban J connectivity index is 1.45. The monoisotopic (exact) mass is 356 g/mol. The van der Waals surface area contributed by atoms with Gasteiger partial charge >= 0.3 is 0 Å². The van der Waals surface area contributed by atoms with E-state index in [4.69, 9.17) is 4.74 Å². The highest BCUT2D eigenvalue weighted by molar-refractivity contribution is 7.99. The van der Waals surface area contributed by atoms with Crippen LogP contribution in [0.25, 0.3) is 0 Å². The van der Waals surface area contributed by atoms with E-state index < -0.39 is 0 Å². The van der Waals surface area contributed by atoms with E-state index in [2.05, 4.69) is 28.4 Å². The van der Waals surface area contributed by atoms with Crippen molar-refractivity contribution in [2.75, 3.05) is 38.6 Å². The summed E-state index contributed by atoms with van der Waals surface area (Å²) in [4.78, 5) is 15.9. The van der Waals surface area contributed by atoms with E-state index in [1.165, 1.54) is 10.5 Å². The molecule has 0 unspecified atom stereocenters. The molecule has 0 bridgehead atoms. The molecule has 2 aromatic carbocycles. The summed E-state index contributed by atoms with van der Waals surface area (Å²) in [6.45, 7) is 5.01. The summed E-state index contributed by atoms with van der Waals surface area (Å²) in [7, 11) is 0. The number of hydrogen-bond acceptors (Lipinski definition) is 4. The lowest BCUT2D eigenvalue weighted by Gasteiger charge is -2.26. The van der Waals surface area contributed by atoms with Crippen LogP contribution in [0.3, 0.4) is 0 Å². The second-order valence-electron chi connectivity index (χ2n) is 6.01. The Morgan fingerprint density at radius 2 is 1.88 bits per heavy atom. The highest BCUT2D eigenvalue weighted by atomic mass is 32.2. The first kappa shape index (κ1) is 18.0. The Hall–Kier alpha value is -1.82. The lowest BCUT2D eigenvalue weighted by Crippen LogP contribution is -2.35. The molecule has 5 heteroatoms. The molecule has 0 saturated carbocycles. The third-order valence-electron chi connectivity index (χ3n) is 4.10. The van der Waals surface area contributed by atoms with Gasteiger partial charge in [-0.05, 0) is 29.8 Å². The normalized spacial score (nSPS) is 15.0. The fraction of sp³-hybridized carbons (Fsp3) is 0.350. The highest BCUT2D eigenvalue weighted by Gasteiger charge is 2.12. The lowest BCUT2D eigenvalue weighted by molar-refractivity contribution is 0.0342. The van der Waals surface area contributed by atoms with Gasteiger partial charge in [-0.25, -0.2) is 0 Å². The van der Waals surface area contributed by atoms with Crippen LogP contribution < -0.4 is 5.32 Å². The smallest absolute Gasteiger partial charge is 0.251 e. The van der Waals surface area contributed by atoms with Crippen molar-refractivity contribution < 1.29 is 9.53 Å². The molecule has 0 radical (unpaired) electrons. The molecule has 1 saturated heterocycles. The van der Waals surface area contributed by atoms with E-state index in [-0.39, 0.29) is 5.91 Å². The Morgan fingerprint density at radius 3 is 2.68 bits per heavy atom. The van der Waals surface area contributed by atoms with Crippen LogP contribution in [0, 0.1) is 0 Å². The second-order valence-corrected chi connectivity index (χ2v) is 7.17. The molecule has 132 valence electrons. The van der Waals surface area contributed by atoms with Gasteiger partial charge in [-0.15, -0.1) is 11.8 Å². The zero-order valence-electron chi connectivity index (χ0n) is 14.3. The molecule has 0 atom stereocenters. The zero-order chi connectivity index (χ0) is 17.3.